The Kier molecular flexibility index (Phi) is 2.18. The Hall–Kier alpha value is -1.51. The summed E-state index contributed by atoms with van der Waals surface area (Å²) in [7, 11) is 1.83. The van der Waals surface area contributed by atoms with Gasteiger partial charge in [-0.05, 0) is 26.0 Å². The molecule has 0 saturated heterocycles. The first-order chi connectivity index (χ1) is 7.02. The summed E-state index contributed by atoms with van der Waals surface area (Å²) in [4.78, 5) is 13.8. The zero-order valence-electron chi connectivity index (χ0n) is 9.37. The van der Waals surface area contributed by atoms with Crippen molar-refractivity contribution in [1.82, 2.24) is 0 Å². The second-order valence-corrected chi connectivity index (χ2v) is 4.62. The summed E-state index contributed by atoms with van der Waals surface area (Å²) in [5, 5.41) is 3.31. The molecule has 1 aliphatic rings. The number of carbonyl (C=O) groups is 1. The second-order valence-electron chi connectivity index (χ2n) is 4.62. The molecule has 0 unspecified atom stereocenters. The van der Waals surface area contributed by atoms with E-state index in [2.05, 4.69) is 5.32 Å². The van der Waals surface area contributed by atoms with Crippen molar-refractivity contribution in [3.63, 3.8) is 0 Å². The van der Waals surface area contributed by atoms with Gasteiger partial charge in [-0.2, -0.15) is 0 Å². The zero-order chi connectivity index (χ0) is 11.1. The molecule has 3 heteroatoms. The molecule has 1 heterocycles. The molecule has 1 amide bonds. The van der Waals surface area contributed by atoms with Crippen LogP contribution in [0.4, 0.5) is 11.4 Å². The number of hydrogen-bond donors (Lipinski definition) is 1. The van der Waals surface area contributed by atoms with Crippen molar-refractivity contribution in [2.45, 2.75) is 13.8 Å². The molecule has 0 fully saturated rings. The van der Waals surface area contributed by atoms with E-state index >= 15 is 0 Å². The average molecular weight is 204 g/mol. The lowest BCUT2D eigenvalue weighted by atomic mass is 9.92. The molecule has 80 valence electrons. The summed E-state index contributed by atoms with van der Waals surface area (Å²) < 4.78 is 0. The van der Waals surface area contributed by atoms with Crippen LogP contribution in [-0.2, 0) is 4.79 Å². The maximum Gasteiger partial charge on any atom is 0.234 e. The lowest BCUT2D eigenvalue weighted by Crippen LogP contribution is -2.40. The number of fused-ring (bicyclic) bond motifs is 1. The van der Waals surface area contributed by atoms with Gasteiger partial charge in [0.25, 0.3) is 0 Å². The maximum atomic E-state index is 12.1. The third-order valence-electron chi connectivity index (χ3n) is 2.87. The number of nitrogens with one attached hydrogen (secondary N) is 1. The number of anilines is 2. The molecule has 0 aliphatic carbocycles. The molecule has 0 atom stereocenters. The maximum absolute atomic E-state index is 12.1. The van der Waals surface area contributed by atoms with Crippen LogP contribution >= 0.6 is 0 Å². The molecule has 0 aromatic heterocycles. The number of rotatable bonds is 0. The van der Waals surface area contributed by atoms with E-state index in [-0.39, 0.29) is 11.3 Å². The molecule has 0 saturated carbocycles. The molecular weight excluding hydrogens is 188 g/mol. The van der Waals surface area contributed by atoms with Gasteiger partial charge in [-0.15, -0.1) is 0 Å². The highest BCUT2D eigenvalue weighted by Crippen LogP contribution is 2.32. The minimum atomic E-state index is -0.353. The molecule has 1 aromatic rings. The van der Waals surface area contributed by atoms with E-state index in [9.17, 15) is 4.79 Å². The van der Waals surface area contributed by atoms with Crippen molar-refractivity contribution in [2.24, 2.45) is 5.41 Å². The Morgan fingerprint density at radius 2 is 2.00 bits per heavy atom. The van der Waals surface area contributed by atoms with Gasteiger partial charge < -0.3 is 10.2 Å². The van der Waals surface area contributed by atoms with Gasteiger partial charge in [-0.1, -0.05) is 12.1 Å². The van der Waals surface area contributed by atoms with E-state index in [1.54, 1.807) is 4.90 Å². The fraction of sp³-hybridized carbons (Fsp3) is 0.417. The van der Waals surface area contributed by atoms with Gasteiger partial charge in [0.2, 0.25) is 5.91 Å². The predicted molar refractivity (Wildman–Crippen MR) is 62.1 cm³/mol. The topological polar surface area (TPSA) is 32.3 Å². The van der Waals surface area contributed by atoms with E-state index in [4.69, 9.17) is 0 Å². The van der Waals surface area contributed by atoms with Crippen molar-refractivity contribution in [1.29, 1.82) is 0 Å². The van der Waals surface area contributed by atoms with Crippen LogP contribution in [-0.4, -0.2) is 19.5 Å². The summed E-state index contributed by atoms with van der Waals surface area (Å²) in [6.45, 7) is 4.60. The standard InChI is InChI=1S/C12H16N2O/c1-12(2)8-13-9-6-4-5-7-10(9)14(3)11(12)15/h4-7,13H,8H2,1-3H3. The molecule has 0 radical (unpaired) electrons. The molecule has 0 spiro atoms. The largest absolute Gasteiger partial charge is 0.382 e. The molecule has 1 N–H and O–H groups in total. The van der Waals surface area contributed by atoms with Crippen LogP contribution in [0.1, 0.15) is 13.8 Å². The van der Waals surface area contributed by atoms with Crippen molar-refractivity contribution in [3.8, 4) is 0 Å². The van der Waals surface area contributed by atoms with Crippen molar-refractivity contribution < 1.29 is 4.79 Å². The minimum Gasteiger partial charge on any atom is -0.382 e. The fourth-order valence-electron chi connectivity index (χ4n) is 1.87. The lowest BCUT2D eigenvalue weighted by molar-refractivity contribution is -0.125. The van der Waals surface area contributed by atoms with Gasteiger partial charge in [-0.25, -0.2) is 0 Å². The third kappa shape index (κ3) is 1.58. The second kappa shape index (κ2) is 3.26. The van der Waals surface area contributed by atoms with E-state index < -0.39 is 0 Å². The van der Waals surface area contributed by atoms with Crippen LogP contribution in [0.25, 0.3) is 0 Å². The van der Waals surface area contributed by atoms with Gasteiger partial charge in [-0.3, -0.25) is 4.79 Å². The Morgan fingerprint density at radius 1 is 1.33 bits per heavy atom. The Balaban J connectivity index is 2.48. The normalized spacial score (nSPS) is 19.1. The van der Waals surface area contributed by atoms with Crippen LogP contribution in [0.5, 0.6) is 0 Å². The van der Waals surface area contributed by atoms with Crippen LogP contribution in [0.3, 0.4) is 0 Å². The highest BCUT2D eigenvalue weighted by Gasteiger charge is 2.34. The molecule has 1 aliphatic heterocycles. The molecule has 1 aromatic carbocycles. The Labute approximate surface area is 90.1 Å². The molecule has 0 bridgehead atoms. The number of benzene rings is 1. The first-order valence-electron chi connectivity index (χ1n) is 5.13. The van der Waals surface area contributed by atoms with Gasteiger partial charge in [0.15, 0.2) is 0 Å². The lowest BCUT2D eigenvalue weighted by Gasteiger charge is -2.25. The van der Waals surface area contributed by atoms with E-state index in [1.807, 2.05) is 45.2 Å². The van der Waals surface area contributed by atoms with Gasteiger partial charge in [0.1, 0.15) is 0 Å². The summed E-state index contributed by atoms with van der Waals surface area (Å²) in [5.74, 6) is 0.153. The van der Waals surface area contributed by atoms with E-state index in [0.29, 0.717) is 6.54 Å². The smallest absolute Gasteiger partial charge is 0.234 e. The highest BCUT2D eigenvalue weighted by molar-refractivity contribution is 6.01. The zero-order valence-corrected chi connectivity index (χ0v) is 9.37. The van der Waals surface area contributed by atoms with Crippen LogP contribution < -0.4 is 10.2 Å². The number of nitrogens with zero attached hydrogens (tertiary/aromatic N) is 1. The van der Waals surface area contributed by atoms with Crippen molar-refractivity contribution in [2.75, 3.05) is 23.8 Å². The minimum absolute atomic E-state index is 0.153. The van der Waals surface area contributed by atoms with Crippen molar-refractivity contribution in [3.05, 3.63) is 24.3 Å². The van der Waals surface area contributed by atoms with Gasteiger partial charge >= 0.3 is 0 Å². The Morgan fingerprint density at radius 3 is 2.73 bits per heavy atom. The molecule has 3 nitrogen and oxygen atoms in total. The highest BCUT2D eigenvalue weighted by atomic mass is 16.2. The first kappa shape index (κ1) is 10.0. The monoisotopic (exact) mass is 204 g/mol. The predicted octanol–water partition coefficient (Wildman–Crippen LogP) is 2.10. The molecule has 15 heavy (non-hydrogen) atoms. The quantitative estimate of drug-likeness (QED) is 0.702. The number of para-hydroxylation sites is 2. The number of hydrogen-bond acceptors (Lipinski definition) is 2. The van der Waals surface area contributed by atoms with E-state index in [1.165, 1.54) is 0 Å². The third-order valence-corrected chi connectivity index (χ3v) is 2.87. The van der Waals surface area contributed by atoms with Crippen molar-refractivity contribution >= 4 is 17.3 Å². The summed E-state index contributed by atoms with van der Waals surface area (Å²) in [6.07, 6.45) is 0. The SMILES string of the molecule is CN1C(=O)C(C)(C)CNc2ccccc21. The Bertz CT molecular complexity index is 398. The van der Waals surface area contributed by atoms with Gasteiger partial charge in [0, 0.05) is 13.6 Å². The summed E-state index contributed by atoms with van der Waals surface area (Å²) in [6, 6.07) is 7.88. The van der Waals surface area contributed by atoms with Crippen LogP contribution in [0, 0.1) is 5.41 Å². The van der Waals surface area contributed by atoms with Crippen LogP contribution in [0.2, 0.25) is 0 Å². The van der Waals surface area contributed by atoms with E-state index in [0.717, 1.165) is 11.4 Å². The number of carbonyl (C=O) groups excluding carboxylic acids is 1. The average Bonchev–Trinajstić information content (AvgIpc) is 2.31. The summed E-state index contributed by atoms with van der Waals surface area (Å²) in [5.41, 5.74) is 1.63. The van der Waals surface area contributed by atoms with Gasteiger partial charge in [0.05, 0.1) is 16.8 Å². The van der Waals surface area contributed by atoms with Crippen LogP contribution in [0.15, 0.2) is 24.3 Å². The summed E-state index contributed by atoms with van der Waals surface area (Å²) >= 11 is 0. The fourth-order valence-corrected chi connectivity index (χ4v) is 1.87. The first-order valence-corrected chi connectivity index (χ1v) is 5.13. The number of amides is 1. The molecule has 2 rings (SSSR count). The molecular formula is C12H16N2O.